The number of benzene rings is 7. The lowest BCUT2D eigenvalue weighted by molar-refractivity contribution is 0.599. The first-order valence-electron chi connectivity index (χ1n) is 18.6. The van der Waals surface area contributed by atoms with Crippen LogP contribution >= 0.6 is 0 Å². The Bertz CT molecular complexity index is 2820. The Morgan fingerprint density at radius 1 is 0.481 bits per heavy atom. The lowest BCUT2D eigenvalue weighted by Gasteiger charge is -2.24. The van der Waals surface area contributed by atoms with Crippen molar-refractivity contribution in [2.75, 3.05) is 0 Å². The number of fused-ring (bicyclic) bond motifs is 3. The van der Waals surface area contributed by atoms with Gasteiger partial charge in [0.1, 0.15) is 5.82 Å². The van der Waals surface area contributed by atoms with E-state index < -0.39 is 0 Å². The van der Waals surface area contributed by atoms with Gasteiger partial charge in [0.25, 0.3) is 0 Å². The summed E-state index contributed by atoms with van der Waals surface area (Å²) in [5.74, 6) is 2.10. The van der Waals surface area contributed by atoms with Crippen LogP contribution in [0, 0.1) is 5.92 Å². The van der Waals surface area contributed by atoms with E-state index in [-0.39, 0.29) is 11.8 Å². The molecule has 1 aliphatic carbocycles. The van der Waals surface area contributed by atoms with Gasteiger partial charge in [0.05, 0.1) is 22.4 Å². The fourth-order valence-electron chi connectivity index (χ4n) is 7.86. The minimum Gasteiger partial charge on any atom is -0.296 e. The molecular formula is C50H36N4. The second kappa shape index (κ2) is 13.3. The molecule has 0 fully saturated rings. The molecule has 7 aromatic carbocycles. The van der Waals surface area contributed by atoms with Crippen LogP contribution in [-0.2, 0) is 0 Å². The SMILES string of the molecule is CC1C=C(c2cccc(-c3nc(-c4ccc5ccccc5c4)cc(-c4ccc5ccccc5c4)n3)c2)C=CC1c1nc2ccccc2n1-c1ccccc1. The minimum atomic E-state index is 0.121. The minimum absolute atomic E-state index is 0.121. The maximum absolute atomic E-state index is 5.22. The summed E-state index contributed by atoms with van der Waals surface area (Å²) in [6, 6.07) is 59.8. The summed E-state index contributed by atoms with van der Waals surface area (Å²) in [4.78, 5) is 15.6. The predicted molar refractivity (Wildman–Crippen MR) is 223 cm³/mol. The number of hydrogen-bond acceptors (Lipinski definition) is 3. The van der Waals surface area contributed by atoms with Crippen molar-refractivity contribution in [1.29, 1.82) is 0 Å². The van der Waals surface area contributed by atoms with Gasteiger partial charge in [0.15, 0.2) is 5.82 Å². The Hall–Kier alpha value is -6.91. The second-order valence-corrected chi connectivity index (χ2v) is 14.2. The summed E-state index contributed by atoms with van der Waals surface area (Å²) >= 11 is 0. The monoisotopic (exact) mass is 692 g/mol. The molecule has 9 aromatic rings. The Kier molecular flexibility index (Phi) is 7.80. The number of rotatable bonds is 6. The molecular weight excluding hydrogens is 657 g/mol. The van der Waals surface area contributed by atoms with Gasteiger partial charge >= 0.3 is 0 Å². The molecule has 0 radical (unpaired) electrons. The average molecular weight is 693 g/mol. The van der Waals surface area contributed by atoms with Crippen LogP contribution in [0.15, 0.2) is 188 Å². The van der Waals surface area contributed by atoms with Crippen molar-refractivity contribution in [3.63, 3.8) is 0 Å². The molecule has 4 heteroatoms. The quantitative estimate of drug-likeness (QED) is 0.174. The van der Waals surface area contributed by atoms with E-state index in [0.29, 0.717) is 5.82 Å². The van der Waals surface area contributed by atoms with Crippen molar-refractivity contribution in [3.05, 3.63) is 199 Å². The fraction of sp³-hybridized carbons (Fsp3) is 0.0600. The Morgan fingerprint density at radius 3 is 1.78 bits per heavy atom. The van der Waals surface area contributed by atoms with Crippen LogP contribution < -0.4 is 0 Å². The number of hydrogen-bond donors (Lipinski definition) is 0. The van der Waals surface area contributed by atoms with Crippen molar-refractivity contribution in [2.45, 2.75) is 12.8 Å². The van der Waals surface area contributed by atoms with Crippen LogP contribution in [0.3, 0.4) is 0 Å². The van der Waals surface area contributed by atoms with Crippen LogP contribution in [0.4, 0.5) is 0 Å². The van der Waals surface area contributed by atoms with Crippen molar-refractivity contribution < 1.29 is 0 Å². The van der Waals surface area contributed by atoms with E-state index in [9.17, 15) is 0 Å². The number of imidazole rings is 1. The van der Waals surface area contributed by atoms with E-state index >= 15 is 0 Å². The fourth-order valence-corrected chi connectivity index (χ4v) is 7.86. The van der Waals surface area contributed by atoms with Crippen LogP contribution in [-0.4, -0.2) is 19.5 Å². The van der Waals surface area contributed by atoms with Crippen molar-refractivity contribution in [2.24, 2.45) is 5.92 Å². The normalized spacial score (nSPS) is 15.5. The molecule has 10 rings (SSSR count). The molecule has 2 heterocycles. The highest BCUT2D eigenvalue weighted by atomic mass is 15.1. The molecule has 54 heavy (non-hydrogen) atoms. The highest BCUT2D eigenvalue weighted by Crippen LogP contribution is 2.38. The zero-order valence-electron chi connectivity index (χ0n) is 29.8. The number of para-hydroxylation sites is 3. The summed E-state index contributed by atoms with van der Waals surface area (Å²) in [5.41, 5.74) is 10.5. The number of aromatic nitrogens is 4. The predicted octanol–water partition coefficient (Wildman–Crippen LogP) is 12.5. The van der Waals surface area contributed by atoms with E-state index in [2.05, 4.69) is 200 Å². The van der Waals surface area contributed by atoms with Gasteiger partial charge in [-0.05, 0) is 87.1 Å². The zero-order chi connectivity index (χ0) is 36.0. The van der Waals surface area contributed by atoms with E-state index in [4.69, 9.17) is 15.0 Å². The molecule has 0 saturated carbocycles. The molecule has 2 unspecified atom stereocenters. The van der Waals surface area contributed by atoms with Gasteiger partial charge in [0.2, 0.25) is 0 Å². The Labute approximate surface area is 314 Å². The maximum atomic E-state index is 5.22. The molecule has 0 bridgehead atoms. The molecule has 0 spiro atoms. The first-order chi connectivity index (χ1) is 26.6. The summed E-state index contributed by atoms with van der Waals surface area (Å²) in [7, 11) is 0. The van der Waals surface area contributed by atoms with Crippen LogP contribution in [0.25, 0.3) is 77.7 Å². The van der Waals surface area contributed by atoms with Gasteiger partial charge in [-0.15, -0.1) is 0 Å². The summed E-state index contributed by atoms with van der Waals surface area (Å²) in [5, 5.41) is 4.79. The van der Waals surface area contributed by atoms with Gasteiger partial charge in [-0.2, -0.15) is 0 Å². The lowest BCUT2D eigenvalue weighted by Crippen LogP contribution is -2.14. The van der Waals surface area contributed by atoms with Crippen molar-refractivity contribution in [1.82, 2.24) is 19.5 Å². The van der Waals surface area contributed by atoms with E-state index in [1.165, 1.54) is 27.1 Å². The molecule has 2 atom stereocenters. The standard InChI is InChI=1S/C50H36N4/c1-33-28-39(26-27-44(33)50-53-45-20-9-10-21-48(45)54(50)43-18-3-2-4-19-43)38-16-11-17-42(31-38)49-51-46(40-24-22-34-12-5-7-14-36(34)29-40)32-47(52-49)41-25-23-35-13-6-8-15-37(35)30-41/h2-33,44H,1H3. The van der Waals surface area contributed by atoms with Crippen LogP contribution in [0.2, 0.25) is 0 Å². The Balaban J connectivity index is 1.04. The molecule has 2 aromatic heterocycles. The maximum Gasteiger partial charge on any atom is 0.160 e. The van der Waals surface area contributed by atoms with Crippen LogP contribution in [0.1, 0.15) is 24.2 Å². The summed E-state index contributed by atoms with van der Waals surface area (Å²) in [6.07, 6.45) is 6.96. The topological polar surface area (TPSA) is 43.6 Å². The van der Waals surface area contributed by atoms with Gasteiger partial charge in [0, 0.05) is 28.3 Å². The smallest absolute Gasteiger partial charge is 0.160 e. The second-order valence-electron chi connectivity index (χ2n) is 14.2. The largest absolute Gasteiger partial charge is 0.296 e. The molecule has 256 valence electrons. The van der Waals surface area contributed by atoms with Crippen LogP contribution in [0.5, 0.6) is 0 Å². The lowest BCUT2D eigenvalue weighted by atomic mass is 9.84. The van der Waals surface area contributed by atoms with E-state index in [1.54, 1.807) is 0 Å². The molecule has 4 nitrogen and oxygen atoms in total. The highest BCUT2D eigenvalue weighted by Gasteiger charge is 2.26. The zero-order valence-corrected chi connectivity index (χ0v) is 29.8. The van der Waals surface area contributed by atoms with Crippen molar-refractivity contribution >= 4 is 38.2 Å². The van der Waals surface area contributed by atoms with Crippen molar-refractivity contribution in [3.8, 4) is 39.6 Å². The van der Waals surface area contributed by atoms with Gasteiger partial charge < -0.3 is 0 Å². The third kappa shape index (κ3) is 5.79. The molecule has 0 N–H and O–H groups in total. The van der Waals surface area contributed by atoms with Gasteiger partial charge in [-0.3, -0.25) is 4.57 Å². The van der Waals surface area contributed by atoms with E-state index in [0.717, 1.165) is 56.2 Å². The summed E-state index contributed by atoms with van der Waals surface area (Å²) in [6.45, 7) is 2.29. The molecule has 1 aliphatic rings. The molecule has 0 saturated heterocycles. The average Bonchev–Trinajstić information content (AvgIpc) is 3.63. The first kappa shape index (κ1) is 31.8. The Morgan fingerprint density at radius 2 is 1.09 bits per heavy atom. The third-order valence-corrected chi connectivity index (χ3v) is 10.7. The number of allylic oxidation sites excluding steroid dienone is 4. The molecule has 0 aliphatic heterocycles. The molecule has 0 amide bonds. The summed E-state index contributed by atoms with van der Waals surface area (Å²) < 4.78 is 2.31. The third-order valence-electron chi connectivity index (χ3n) is 10.7. The van der Waals surface area contributed by atoms with Gasteiger partial charge in [-0.1, -0.05) is 146 Å². The van der Waals surface area contributed by atoms with Gasteiger partial charge in [-0.25, -0.2) is 15.0 Å². The first-order valence-corrected chi connectivity index (χ1v) is 18.6. The highest BCUT2D eigenvalue weighted by molar-refractivity contribution is 5.90. The van der Waals surface area contributed by atoms with E-state index in [1.807, 2.05) is 0 Å². The number of nitrogens with zero attached hydrogens (tertiary/aromatic N) is 4.